The minimum atomic E-state index is -3.98. The van der Waals surface area contributed by atoms with Crippen molar-refractivity contribution in [2.75, 3.05) is 20.2 Å². The van der Waals surface area contributed by atoms with Crippen LogP contribution in [-0.2, 0) is 14.8 Å². The van der Waals surface area contributed by atoms with E-state index in [4.69, 9.17) is 21.4 Å². The van der Waals surface area contributed by atoms with Gasteiger partial charge in [0, 0.05) is 11.6 Å². The molecule has 1 N–H and O–H groups in total. The van der Waals surface area contributed by atoms with Crippen molar-refractivity contribution >= 4 is 27.6 Å². The number of ether oxygens (including phenoxy) is 1. The molecule has 0 radical (unpaired) electrons. The zero-order valence-electron chi connectivity index (χ0n) is 11.2. The van der Waals surface area contributed by atoms with Gasteiger partial charge < -0.3 is 9.84 Å². The fraction of sp³-hybridized carbons (Fsp3) is 0.417. The van der Waals surface area contributed by atoms with Crippen LogP contribution in [0.4, 0.5) is 0 Å². The van der Waals surface area contributed by atoms with E-state index in [1.807, 2.05) is 0 Å². The van der Waals surface area contributed by atoms with Crippen LogP contribution in [0, 0.1) is 0 Å². The minimum absolute atomic E-state index is 0.101. The first-order valence-corrected chi connectivity index (χ1v) is 7.70. The van der Waals surface area contributed by atoms with Crippen LogP contribution in [0.15, 0.2) is 23.1 Å². The van der Waals surface area contributed by atoms with Crippen molar-refractivity contribution in [3.8, 4) is 5.75 Å². The number of sulfonamides is 1. The molecule has 0 saturated heterocycles. The van der Waals surface area contributed by atoms with Gasteiger partial charge in [0.15, 0.2) is 0 Å². The Labute approximate surface area is 123 Å². The summed E-state index contributed by atoms with van der Waals surface area (Å²) < 4.78 is 30.9. The highest BCUT2D eigenvalue weighted by molar-refractivity contribution is 7.89. The summed E-state index contributed by atoms with van der Waals surface area (Å²) in [5, 5.41) is 9.07. The molecular formula is C12H16ClNO5S. The molecule has 0 aromatic heterocycles. The number of carboxylic acids is 1. The molecule has 0 bridgehead atoms. The second-order valence-electron chi connectivity index (χ2n) is 4.03. The highest BCUT2D eigenvalue weighted by atomic mass is 35.5. The number of hydrogen-bond donors (Lipinski definition) is 1. The maximum Gasteiger partial charge on any atom is 0.318 e. The molecule has 0 unspecified atom stereocenters. The molecular weight excluding hydrogens is 306 g/mol. The van der Waals surface area contributed by atoms with E-state index in [1.165, 1.54) is 25.3 Å². The van der Waals surface area contributed by atoms with E-state index < -0.39 is 22.5 Å². The highest BCUT2D eigenvalue weighted by Gasteiger charge is 2.29. The van der Waals surface area contributed by atoms with Crippen molar-refractivity contribution in [3.63, 3.8) is 0 Å². The molecule has 0 aliphatic rings. The Kier molecular flexibility index (Phi) is 5.79. The summed E-state index contributed by atoms with van der Waals surface area (Å²) >= 11 is 5.81. The smallest absolute Gasteiger partial charge is 0.318 e. The summed E-state index contributed by atoms with van der Waals surface area (Å²) in [5.74, 6) is -1.09. The fourth-order valence-corrected chi connectivity index (χ4v) is 3.58. The van der Waals surface area contributed by atoms with E-state index in [2.05, 4.69) is 0 Å². The molecule has 0 aliphatic carbocycles. The average molecular weight is 322 g/mol. The molecule has 20 heavy (non-hydrogen) atoms. The summed E-state index contributed by atoms with van der Waals surface area (Å²) in [5.41, 5.74) is 0. The van der Waals surface area contributed by atoms with Crippen LogP contribution in [0.25, 0.3) is 0 Å². The fourth-order valence-electron chi connectivity index (χ4n) is 1.68. The predicted octanol–water partition coefficient (Wildman–Crippen LogP) is 1.83. The summed E-state index contributed by atoms with van der Waals surface area (Å²) in [4.78, 5) is 10.7. The molecule has 112 valence electrons. The number of hydrogen-bond acceptors (Lipinski definition) is 4. The van der Waals surface area contributed by atoms with Crippen LogP contribution < -0.4 is 4.74 Å². The predicted molar refractivity (Wildman–Crippen MR) is 74.7 cm³/mol. The average Bonchev–Trinajstić information content (AvgIpc) is 2.37. The summed E-state index contributed by atoms with van der Waals surface area (Å²) in [6.45, 7) is 1.26. The largest absolute Gasteiger partial charge is 0.495 e. The van der Waals surface area contributed by atoms with Gasteiger partial charge in [-0.25, -0.2) is 8.42 Å². The van der Waals surface area contributed by atoms with Crippen LogP contribution in [0.5, 0.6) is 5.75 Å². The first-order chi connectivity index (χ1) is 9.32. The molecule has 0 heterocycles. The number of aliphatic carboxylic acids is 1. The van der Waals surface area contributed by atoms with E-state index in [-0.39, 0.29) is 22.2 Å². The van der Waals surface area contributed by atoms with Crippen LogP contribution in [0.1, 0.15) is 13.3 Å². The Balaban J connectivity index is 3.31. The first kappa shape index (κ1) is 16.7. The highest BCUT2D eigenvalue weighted by Crippen LogP contribution is 2.29. The third-order valence-corrected chi connectivity index (χ3v) is 4.63. The Hall–Kier alpha value is -1.31. The van der Waals surface area contributed by atoms with Gasteiger partial charge in [0.2, 0.25) is 10.0 Å². The quantitative estimate of drug-likeness (QED) is 0.828. The number of benzene rings is 1. The lowest BCUT2D eigenvalue weighted by atomic mass is 10.3. The van der Waals surface area contributed by atoms with Crippen molar-refractivity contribution < 1.29 is 23.1 Å². The molecule has 0 atom stereocenters. The number of carboxylic acid groups (broad SMARTS) is 1. The summed E-state index contributed by atoms with van der Waals surface area (Å²) in [7, 11) is -2.64. The van der Waals surface area contributed by atoms with Gasteiger partial charge in [-0.15, -0.1) is 0 Å². The van der Waals surface area contributed by atoms with Crippen molar-refractivity contribution in [2.45, 2.75) is 18.2 Å². The topological polar surface area (TPSA) is 83.9 Å². The minimum Gasteiger partial charge on any atom is -0.495 e. The molecule has 0 amide bonds. The lowest BCUT2D eigenvalue weighted by molar-refractivity contribution is -0.137. The van der Waals surface area contributed by atoms with E-state index in [9.17, 15) is 13.2 Å². The van der Waals surface area contributed by atoms with Gasteiger partial charge in [0.1, 0.15) is 17.2 Å². The Morgan fingerprint density at radius 2 is 2.10 bits per heavy atom. The van der Waals surface area contributed by atoms with Crippen LogP contribution in [0.3, 0.4) is 0 Å². The molecule has 1 aromatic rings. The lowest BCUT2D eigenvalue weighted by Gasteiger charge is -2.21. The zero-order valence-corrected chi connectivity index (χ0v) is 12.7. The van der Waals surface area contributed by atoms with E-state index in [1.54, 1.807) is 6.92 Å². The normalized spacial score (nSPS) is 11.6. The Morgan fingerprint density at radius 3 is 2.60 bits per heavy atom. The monoisotopic (exact) mass is 321 g/mol. The number of methoxy groups -OCH3 is 1. The van der Waals surface area contributed by atoms with Crippen LogP contribution in [0.2, 0.25) is 5.02 Å². The van der Waals surface area contributed by atoms with Crippen LogP contribution in [-0.4, -0.2) is 44.0 Å². The van der Waals surface area contributed by atoms with Gasteiger partial charge in [-0.2, -0.15) is 4.31 Å². The molecule has 0 saturated carbocycles. The van der Waals surface area contributed by atoms with Gasteiger partial charge in [-0.05, 0) is 24.6 Å². The first-order valence-electron chi connectivity index (χ1n) is 5.88. The lowest BCUT2D eigenvalue weighted by Crippen LogP contribution is -2.36. The third kappa shape index (κ3) is 3.84. The molecule has 1 rings (SSSR count). The second kappa shape index (κ2) is 6.92. The zero-order chi connectivity index (χ0) is 15.3. The molecule has 0 fully saturated rings. The third-order valence-electron chi connectivity index (χ3n) is 2.53. The maximum absolute atomic E-state index is 12.5. The van der Waals surface area contributed by atoms with Gasteiger partial charge in [0.05, 0.1) is 7.11 Å². The molecule has 6 nitrogen and oxygen atoms in total. The van der Waals surface area contributed by atoms with Crippen molar-refractivity contribution in [1.82, 2.24) is 4.31 Å². The summed E-state index contributed by atoms with van der Waals surface area (Å²) in [6.07, 6.45) is 0.495. The maximum atomic E-state index is 12.5. The number of carbonyl (C=O) groups is 1. The van der Waals surface area contributed by atoms with Crippen molar-refractivity contribution in [3.05, 3.63) is 23.2 Å². The Morgan fingerprint density at radius 1 is 1.45 bits per heavy atom. The molecule has 0 aliphatic heterocycles. The van der Waals surface area contributed by atoms with E-state index in [0.717, 1.165) is 4.31 Å². The van der Waals surface area contributed by atoms with Crippen molar-refractivity contribution in [2.24, 2.45) is 0 Å². The molecule has 1 aromatic carbocycles. The number of nitrogens with zero attached hydrogens (tertiary/aromatic N) is 1. The van der Waals surface area contributed by atoms with E-state index >= 15 is 0 Å². The standard InChI is InChI=1S/C12H16ClNO5S/c1-3-6-14(8-12(15)16)20(17,18)11-7-9(13)4-5-10(11)19-2/h4-5,7H,3,6,8H2,1-2H3,(H,15,16). The number of rotatable bonds is 7. The number of halogens is 1. The van der Waals surface area contributed by atoms with Gasteiger partial charge in [-0.1, -0.05) is 18.5 Å². The SMILES string of the molecule is CCCN(CC(=O)O)S(=O)(=O)c1cc(Cl)ccc1OC. The van der Waals surface area contributed by atoms with E-state index in [0.29, 0.717) is 6.42 Å². The van der Waals surface area contributed by atoms with Gasteiger partial charge in [-0.3, -0.25) is 4.79 Å². The molecule has 0 spiro atoms. The van der Waals surface area contributed by atoms with Crippen molar-refractivity contribution in [1.29, 1.82) is 0 Å². The van der Waals surface area contributed by atoms with Crippen LogP contribution >= 0.6 is 11.6 Å². The van der Waals surface area contributed by atoms with Gasteiger partial charge >= 0.3 is 5.97 Å². The second-order valence-corrected chi connectivity index (χ2v) is 6.37. The summed E-state index contributed by atoms with van der Waals surface area (Å²) in [6, 6.07) is 4.18. The van der Waals surface area contributed by atoms with Gasteiger partial charge in [0.25, 0.3) is 0 Å². The Bertz CT molecular complexity index is 588. The molecule has 8 heteroatoms.